The van der Waals surface area contributed by atoms with E-state index in [0.717, 1.165) is 135 Å². The van der Waals surface area contributed by atoms with E-state index < -0.39 is 97.5 Å². The summed E-state index contributed by atoms with van der Waals surface area (Å²) in [4.78, 5) is 73.1. The van der Waals surface area contributed by atoms with Crippen LogP contribution in [0.5, 0.6) is 0 Å². The number of unbranched alkanes of at least 4 members (excludes halogenated alkanes) is 49. The van der Waals surface area contributed by atoms with Crippen LogP contribution in [0.25, 0.3) is 0 Å². The first kappa shape index (κ1) is 99.3. The number of hydrogen-bond donors (Lipinski definition) is 3. The van der Waals surface area contributed by atoms with E-state index in [4.69, 9.17) is 37.0 Å². The number of allylic oxidation sites excluding steroid dienone is 6. The van der Waals surface area contributed by atoms with Crippen molar-refractivity contribution in [2.24, 2.45) is 0 Å². The van der Waals surface area contributed by atoms with Crippen LogP contribution in [0.2, 0.25) is 0 Å². The first-order chi connectivity index (χ1) is 49.7. The molecule has 102 heavy (non-hydrogen) atoms. The first-order valence-electron chi connectivity index (χ1n) is 42.2. The zero-order valence-corrected chi connectivity index (χ0v) is 67.6. The van der Waals surface area contributed by atoms with Gasteiger partial charge in [-0.25, -0.2) is 9.13 Å². The van der Waals surface area contributed by atoms with Crippen LogP contribution in [0.1, 0.15) is 413 Å². The summed E-state index contributed by atoms with van der Waals surface area (Å²) in [6, 6.07) is 0. The molecule has 0 heterocycles. The molecule has 5 atom stereocenters. The molecule has 0 saturated carbocycles. The van der Waals surface area contributed by atoms with Crippen LogP contribution < -0.4 is 0 Å². The molecule has 0 bridgehead atoms. The van der Waals surface area contributed by atoms with E-state index in [1.54, 1.807) is 0 Å². The number of phosphoric acid groups is 2. The zero-order chi connectivity index (χ0) is 74.6. The maximum Gasteiger partial charge on any atom is 0.472 e. The molecular formula is C83H156O17P2. The summed E-state index contributed by atoms with van der Waals surface area (Å²) in [7, 11) is -9.93. The first-order valence-corrected chi connectivity index (χ1v) is 45.2. The third kappa shape index (κ3) is 75.5. The van der Waals surface area contributed by atoms with Gasteiger partial charge >= 0.3 is 39.5 Å². The van der Waals surface area contributed by atoms with Gasteiger partial charge in [0, 0.05) is 25.7 Å². The fourth-order valence-electron chi connectivity index (χ4n) is 12.2. The van der Waals surface area contributed by atoms with Crippen molar-refractivity contribution in [3.63, 3.8) is 0 Å². The number of rotatable bonds is 81. The van der Waals surface area contributed by atoms with E-state index in [1.165, 1.54) is 199 Å². The van der Waals surface area contributed by atoms with Crippen LogP contribution in [0.15, 0.2) is 36.5 Å². The maximum atomic E-state index is 13.1. The summed E-state index contributed by atoms with van der Waals surface area (Å²) in [5.41, 5.74) is 0. The second kappa shape index (κ2) is 76.5. The molecular weight excluding hydrogens is 1330 g/mol. The van der Waals surface area contributed by atoms with Crippen molar-refractivity contribution in [2.75, 3.05) is 39.6 Å². The third-order valence-corrected chi connectivity index (χ3v) is 20.6. The van der Waals surface area contributed by atoms with Gasteiger partial charge in [-0.1, -0.05) is 366 Å². The van der Waals surface area contributed by atoms with Crippen molar-refractivity contribution < 1.29 is 80.2 Å². The second-order valence-corrected chi connectivity index (χ2v) is 31.7. The number of aliphatic hydroxyl groups is 1. The molecule has 0 aromatic heterocycles. The highest BCUT2D eigenvalue weighted by atomic mass is 31.2. The molecule has 0 saturated heterocycles. The standard InChI is InChI=1S/C83H156O17P2/c1-5-9-13-17-21-25-29-33-37-38-42-44-48-52-56-60-64-68-81(86)94-74-79(100-83(88)70-66-62-58-54-50-46-41-36-32-28-24-20-16-12-8-4)76-98-102(91,92)96-72-77(84)71-95-101(89,90)97-75-78(99-82(87)69-65-61-57-53-49-45-40-35-31-27-23-19-15-11-7-3)73-93-80(85)67-63-59-55-51-47-43-39-34-30-26-22-18-14-10-6-2/h9,13,21,25,33,37,77-79,84H,5-8,10-12,14-20,22-24,26-32,34-36,38-76H2,1-4H3,(H,89,90)(H,91,92)/b13-9-,25-21-,37-33-. The van der Waals surface area contributed by atoms with E-state index in [2.05, 4.69) is 64.2 Å². The summed E-state index contributed by atoms with van der Waals surface area (Å²) in [5, 5.41) is 10.7. The summed E-state index contributed by atoms with van der Waals surface area (Å²) in [5.74, 6) is -2.13. The van der Waals surface area contributed by atoms with Gasteiger partial charge in [-0.2, -0.15) is 0 Å². The molecule has 5 unspecified atom stereocenters. The Labute approximate surface area is 624 Å². The fourth-order valence-corrected chi connectivity index (χ4v) is 13.8. The largest absolute Gasteiger partial charge is 0.472 e. The Bertz CT molecular complexity index is 2070. The molecule has 0 rings (SSSR count). The molecule has 0 amide bonds. The number of carbonyl (C=O) groups excluding carboxylic acids is 4. The lowest BCUT2D eigenvalue weighted by Gasteiger charge is -2.21. The number of ether oxygens (including phenoxy) is 4. The normalized spacial score (nSPS) is 14.0. The number of phosphoric ester groups is 2. The van der Waals surface area contributed by atoms with Crippen LogP contribution in [0, 0.1) is 0 Å². The Balaban J connectivity index is 5.30. The van der Waals surface area contributed by atoms with E-state index in [9.17, 15) is 43.2 Å². The molecule has 0 aliphatic heterocycles. The topological polar surface area (TPSA) is 237 Å². The van der Waals surface area contributed by atoms with Crippen LogP contribution in [-0.2, 0) is 65.4 Å². The zero-order valence-electron chi connectivity index (χ0n) is 65.8. The lowest BCUT2D eigenvalue weighted by Crippen LogP contribution is -2.30. The third-order valence-electron chi connectivity index (χ3n) is 18.6. The van der Waals surface area contributed by atoms with Gasteiger partial charge in [-0.05, 0) is 57.8 Å². The van der Waals surface area contributed by atoms with Gasteiger partial charge in [0.2, 0.25) is 0 Å². The minimum Gasteiger partial charge on any atom is -0.462 e. The van der Waals surface area contributed by atoms with E-state index in [1.807, 2.05) is 0 Å². The Morgan fingerprint density at radius 1 is 0.284 bits per heavy atom. The lowest BCUT2D eigenvalue weighted by molar-refractivity contribution is -0.161. The summed E-state index contributed by atoms with van der Waals surface area (Å²) in [6.07, 6.45) is 73.9. The Kier molecular flexibility index (Phi) is 74.4. The van der Waals surface area contributed by atoms with Crippen molar-refractivity contribution in [3.05, 3.63) is 36.5 Å². The highest BCUT2D eigenvalue weighted by molar-refractivity contribution is 7.47. The molecule has 0 radical (unpaired) electrons. The van der Waals surface area contributed by atoms with Crippen LogP contribution in [-0.4, -0.2) is 96.7 Å². The van der Waals surface area contributed by atoms with Gasteiger partial charge in [-0.3, -0.25) is 37.3 Å². The van der Waals surface area contributed by atoms with Gasteiger partial charge in [0.05, 0.1) is 26.4 Å². The Hall–Kier alpha value is -2.72. The molecule has 0 fully saturated rings. The maximum absolute atomic E-state index is 13.1. The Morgan fingerprint density at radius 3 is 0.784 bits per heavy atom. The average molecular weight is 1490 g/mol. The molecule has 3 N–H and O–H groups in total. The molecule has 0 aromatic carbocycles. The Morgan fingerprint density at radius 2 is 0.510 bits per heavy atom. The molecule has 0 aliphatic rings. The molecule has 600 valence electrons. The van der Waals surface area contributed by atoms with E-state index in [0.29, 0.717) is 25.7 Å². The summed E-state index contributed by atoms with van der Waals surface area (Å²) < 4.78 is 68.8. The van der Waals surface area contributed by atoms with Crippen molar-refractivity contribution >= 4 is 39.5 Å². The van der Waals surface area contributed by atoms with E-state index >= 15 is 0 Å². The van der Waals surface area contributed by atoms with Crippen LogP contribution >= 0.6 is 15.6 Å². The average Bonchev–Trinajstić information content (AvgIpc) is 0.923. The lowest BCUT2D eigenvalue weighted by atomic mass is 10.0. The second-order valence-electron chi connectivity index (χ2n) is 28.8. The minimum absolute atomic E-state index is 0.102. The predicted octanol–water partition coefficient (Wildman–Crippen LogP) is 24.7. The van der Waals surface area contributed by atoms with Gasteiger partial charge in [-0.15, -0.1) is 0 Å². The smallest absolute Gasteiger partial charge is 0.462 e. The molecule has 0 aromatic rings. The predicted molar refractivity (Wildman–Crippen MR) is 418 cm³/mol. The number of hydrogen-bond acceptors (Lipinski definition) is 15. The number of carbonyl (C=O) groups is 4. The highest BCUT2D eigenvalue weighted by Gasteiger charge is 2.30. The van der Waals surface area contributed by atoms with Gasteiger partial charge in [0.25, 0.3) is 0 Å². The summed E-state index contributed by atoms with van der Waals surface area (Å²) in [6.45, 7) is 4.89. The molecule has 17 nitrogen and oxygen atoms in total. The molecule has 0 aliphatic carbocycles. The van der Waals surface area contributed by atoms with E-state index in [-0.39, 0.29) is 25.7 Å². The van der Waals surface area contributed by atoms with Crippen LogP contribution in [0.4, 0.5) is 0 Å². The van der Waals surface area contributed by atoms with Gasteiger partial charge in [0.15, 0.2) is 12.2 Å². The van der Waals surface area contributed by atoms with Crippen molar-refractivity contribution in [2.45, 2.75) is 431 Å². The van der Waals surface area contributed by atoms with Crippen molar-refractivity contribution in [1.29, 1.82) is 0 Å². The monoisotopic (exact) mass is 1490 g/mol. The fraction of sp³-hybridized carbons (Fsp3) is 0.880. The van der Waals surface area contributed by atoms with Crippen LogP contribution in [0.3, 0.4) is 0 Å². The number of aliphatic hydroxyl groups excluding tert-OH is 1. The van der Waals surface area contributed by atoms with Crippen molar-refractivity contribution in [1.82, 2.24) is 0 Å². The minimum atomic E-state index is -4.97. The number of esters is 4. The van der Waals surface area contributed by atoms with Crippen molar-refractivity contribution in [3.8, 4) is 0 Å². The molecule has 19 heteroatoms. The quantitative estimate of drug-likeness (QED) is 0.0169. The van der Waals surface area contributed by atoms with Gasteiger partial charge < -0.3 is 33.8 Å². The summed E-state index contributed by atoms with van der Waals surface area (Å²) >= 11 is 0. The van der Waals surface area contributed by atoms with Gasteiger partial charge in [0.1, 0.15) is 19.3 Å². The molecule has 0 spiro atoms. The SMILES string of the molecule is CC/C=C\C/C=C\C/C=C\CCCCCCCCCC(=O)OCC(COP(=O)(O)OCC(O)COP(=O)(O)OCC(COC(=O)CCCCCCCCCCCCCCCCC)OC(=O)CCCCCCCCCCCCCCCCC)OC(=O)CCCCCCCCCCCCCCCCC. The highest BCUT2D eigenvalue weighted by Crippen LogP contribution is 2.45.